The van der Waals surface area contributed by atoms with Gasteiger partial charge in [-0.3, -0.25) is 0 Å². The molecule has 7 rings (SSSR count). The molecule has 1 heteroatoms. The van der Waals surface area contributed by atoms with Crippen molar-refractivity contribution < 1.29 is 0 Å². The summed E-state index contributed by atoms with van der Waals surface area (Å²) in [5.41, 5.74) is 10.1. The van der Waals surface area contributed by atoms with Crippen LogP contribution in [0.15, 0.2) is 121 Å². The first-order valence-corrected chi connectivity index (χ1v) is 12.6. The van der Waals surface area contributed by atoms with Crippen LogP contribution in [0, 0.1) is 0 Å². The highest BCUT2D eigenvalue weighted by molar-refractivity contribution is 5.99. The summed E-state index contributed by atoms with van der Waals surface area (Å²) in [6.45, 7) is 4.66. The molecule has 0 heterocycles. The molecule has 0 unspecified atom stereocenters. The van der Waals surface area contributed by atoms with E-state index in [9.17, 15) is 0 Å². The molecule has 0 amide bonds. The van der Waals surface area contributed by atoms with Gasteiger partial charge >= 0.3 is 0 Å². The van der Waals surface area contributed by atoms with Gasteiger partial charge in [0.1, 0.15) is 0 Å². The number of rotatable bonds is 3. The summed E-state index contributed by atoms with van der Waals surface area (Å²) in [5.74, 6) is 0. The summed E-state index contributed by atoms with van der Waals surface area (Å²) in [5, 5.41) is 8.89. The van der Waals surface area contributed by atoms with E-state index in [1.54, 1.807) is 0 Å². The zero-order valence-corrected chi connectivity index (χ0v) is 20.5. The fourth-order valence-corrected chi connectivity index (χ4v) is 5.94. The highest BCUT2D eigenvalue weighted by atomic mass is 14.9. The van der Waals surface area contributed by atoms with Crippen LogP contribution in [0.1, 0.15) is 25.0 Å². The van der Waals surface area contributed by atoms with Crippen LogP contribution in [0.5, 0.6) is 0 Å². The second-order valence-corrected chi connectivity index (χ2v) is 10.3. The molecule has 0 atom stereocenters. The van der Waals surface area contributed by atoms with Crippen LogP contribution in [-0.2, 0) is 5.41 Å². The lowest BCUT2D eigenvalue weighted by Gasteiger charge is -2.22. The minimum Gasteiger partial charge on any atom is -0.354 e. The highest BCUT2D eigenvalue weighted by Crippen LogP contribution is 2.52. The summed E-state index contributed by atoms with van der Waals surface area (Å²) in [7, 11) is 0. The van der Waals surface area contributed by atoms with Crippen LogP contribution in [0.4, 0.5) is 11.4 Å². The third kappa shape index (κ3) is 3.17. The van der Waals surface area contributed by atoms with Crippen molar-refractivity contribution in [2.75, 3.05) is 5.32 Å². The largest absolute Gasteiger partial charge is 0.354 e. The van der Waals surface area contributed by atoms with E-state index >= 15 is 0 Å². The fourth-order valence-electron chi connectivity index (χ4n) is 5.94. The van der Waals surface area contributed by atoms with Crippen LogP contribution >= 0.6 is 0 Å². The van der Waals surface area contributed by atoms with Crippen molar-refractivity contribution in [3.8, 4) is 22.3 Å². The van der Waals surface area contributed by atoms with Gasteiger partial charge in [0, 0.05) is 27.9 Å². The SMILES string of the molecule is CC1(C)c2ccccc2-c2c(Nc3cc4ccccc4cc3-c3ccc4ccccc4c3)cccc21. The first-order valence-electron chi connectivity index (χ1n) is 12.6. The predicted octanol–water partition coefficient (Wildman–Crippen LogP) is 9.71. The summed E-state index contributed by atoms with van der Waals surface area (Å²) < 4.78 is 0. The first kappa shape index (κ1) is 21.0. The van der Waals surface area contributed by atoms with Crippen LogP contribution in [0.2, 0.25) is 0 Å². The second kappa shape index (κ2) is 7.83. The number of anilines is 2. The van der Waals surface area contributed by atoms with Gasteiger partial charge in [-0.25, -0.2) is 0 Å². The van der Waals surface area contributed by atoms with E-state index in [1.165, 1.54) is 54.9 Å². The van der Waals surface area contributed by atoms with E-state index in [0.29, 0.717) is 0 Å². The maximum atomic E-state index is 3.89. The predicted molar refractivity (Wildman–Crippen MR) is 154 cm³/mol. The van der Waals surface area contributed by atoms with Crippen molar-refractivity contribution >= 4 is 32.9 Å². The van der Waals surface area contributed by atoms with Crippen molar-refractivity contribution in [2.24, 2.45) is 0 Å². The molecule has 36 heavy (non-hydrogen) atoms. The van der Waals surface area contributed by atoms with Gasteiger partial charge in [-0.1, -0.05) is 111 Å². The summed E-state index contributed by atoms with van der Waals surface area (Å²) in [4.78, 5) is 0. The molecule has 0 radical (unpaired) electrons. The summed E-state index contributed by atoms with van der Waals surface area (Å²) in [6.07, 6.45) is 0. The topological polar surface area (TPSA) is 12.0 Å². The van der Waals surface area contributed by atoms with Crippen molar-refractivity contribution in [2.45, 2.75) is 19.3 Å². The van der Waals surface area contributed by atoms with Crippen LogP contribution in [0.3, 0.4) is 0 Å². The Morgan fingerprint density at radius 3 is 1.92 bits per heavy atom. The van der Waals surface area contributed by atoms with E-state index in [4.69, 9.17) is 0 Å². The summed E-state index contributed by atoms with van der Waals surface area (Å²) in [6, 6.07) is 44.1. The highest BCUT2D eigenvalue weighted by Gasteiger charge is 2.36. The molecule has 6 aromatic carbocycles. The van der Waals surface area contributed by atoms with E-state index < -0.39 is 0 Å². The van der Waals surface area contributed by atoms with Gasteiger partial charge in [0.2, 0.25) is 0 Å². The lowest BCUT2D eigenvalue weighted by molar-refractivity contribution is 0.660. The normalized spacial score (nSPS) is 13.5. The van der Waals surface area contributed by atoms with E-state index in [-0.39, 0.29) is 5.41 Å². The number of benzene rings is 6. The molecule has 6 aromatic rings. The minimum atomic E-state index is -0.0197. The van der Waals surface area contributed by atoms with Crippen LogP contribution < -0.4 is 5.32 Å². The van der Waals surface area contributed by atoms with Gasteiger partial charge in [-0.05, 0) is 68.1 Å². The lowest BCUT2D eigenvalue weighted by atomic mass is 9.82. The van der Waals surface area contributed by atoms with Crippen LogP contribution in [-0.4, -0.2) is 0 Å². The van der Waals surface area contributed by atoms with E-state index in [1.807, 2.05) is 0 Å². The van der Waals surface area contributed by atoms with E-state index in [2.05, 4.69) is 140 Å². The Bertz CT molecular complexity index is 1790. The number of hydrogen-bond acceptors (Lipinski definition) is 1. The zero-order chi connectivity index (χ0) is 24.3. The van der Waals surface area contributed by atoms with Crippen molar-refractivity contribution in [1.82, 2.24) is 0 Å². The molecule has 0 saturated heterocycles. The van der Waals surface area contributed by atoms with Gasteiger partial charge < -0.3 is 5.32 Å². The Morgan fingerprint density at radius 1 is 0.472 bits per heavy atom. The Labute approximate surface area is 212 Å². The van der Waals surface area contributed by atoms with Gasteiger partial charge in [-0.2, -0.15) is 0 Å². The monoisotopic (exact) mass is 461 g/mol. The Balaban J connectivity index is 1.44. The molecule has 1 N–H and O–H groups in total. The molecule has 1 aliphatic carbocycles. The first-order chi connectivity index (χ1) is 17.6. The quantitative estimate of drug-likeness (QED) is 0.276. The Kier molecular flexibility index (Phi) is 4.56. The molecule has 0 aliphatic heterocycles. The standard InChI is InChI=1S/C35H27N/c1-35(2)30-15-8-7-14-28(30)34-31(35)16-9-17-32(34)36-33-22-26-13-6-5-12-25(26)21-29(33)27-19-18-23-10-3-4-11-24(23)20-27/h3-22,36H,1-2H3. The van der Waals surface area contributed by atoms with Gasteiger partial charge in [0.15, 0.2) is 0 Å². The molecule has 1 nitrogen and oxygen atoms in total. The average molecular weight is 462 g/mol. The van der Waals surface area contributed by atoms with Crippen molar-refractivity contribution in [1.29, 1.82) is 0 Å². The molecule has 0 saturated carbocycles. The average Bonchev–Trinajstić information content (AvgIpc) is 3.15. The maximum absolute atomic E-state index is 3.89. The smallest absolute Gasteiger partial charge is 0.0470 e. The zero-order valence-electron chi connectivity index (χ0n) is 20.5. The number of hydrogen-bond donors (Lipinski definition) is 1. The number of nitrogens with one attached hydrogen (secondary N) is 1. The Hall–Kier alpha value is -4.36. The molecule has 172 valence electrons. The minimum absolute atomic E-state index is 0.0197. The molecule has 0 spiro atoms. The lowest BCUT2D eigenvalue weighted by Crippen LogP contribution is -2.14. The second-order valence-electron chi connectivity index (χ2n) is 10.3. The van der Waals surface area contributed by atoms with Gasteiger partial charge in [0.05, 0.1) is 0 Å². The third-order valence-electron chi connectivity index (χ3n) is 7.82. The van der Waals surface area contributed by atoms with Crippen LogP contribution in [0.25, 0.3) is 43.8 Å². The van der Waals surface area contributed by atoms with Gasteiger partial charge in [-0.15, -0.1) is 0 Å². The van der Waals surface area contributed by atoms with Crippen molar-refractivity contribution in [3.05, 3.63) is 132 Å². The molecule has 0 fully saturated rings. The van der Waals surface area contributed by atoms with Gasteiger partial charge in [0.25, 0.3) is 0 Å². The molecule has 1 aliphatic rings. The number of fused-ring (bicyclic) bond motifs is 5. The fraction of sp³-hybridized carbons (Fsp3) is 0.0857. The molecular weight excluding hydrogens is 434 g/mol. The molecule has 0 aromatic heterocycles. The molecular formula is C35H27N. The third-order valence-corrected chi connectivity index (χ3v) is 7.82. The summed E-state index contributed by atoms with van der Waals surface area (Å²) >= 11 is 0. The van der Waals surface area contributed by atoms with Crippen molar-refractivity contribution in [3.63, 3.8) is 0 Å². The maximum Gasteiger partial charge on any atom is 0.0470 e. The molecule has 0 bridgehead atoms. The Morgan fingerprint density at radius 2 is 1.11 bits per heavy atom. The van der Waals surface area contributed by atoms with E-state index in [0.717, 1.165) is 11.4 Å².